The molecule has 0 atom stereocenters. The van der Waals surface area contributed by atoms with Crippen molar-refractivity contribution in [1.82, 2.24) is 15.5 Å². The van der Waals surface area contributed by atoms with Crippen LogP contribution in [0.25, 0.3) is 0 Å². The van der Waals surface area contributed by atoms with Crippen molar-refractivity contribution in [3.63, 3.8) is 0 Å². The number of carbonyl (C=O) groups is 1. The average molecular weight is 448 g/mol. The second kappa shape index (κ2) is 8.93. The Hall–Kier alpha value is -1.10. The Morgan fingerprint density at radius 2 is 2.07 bits per heavy atom. The molecule has 1 aliphatic rings. The monoisotopic (exact) mass is 447 g/mol. The minimum absolute atomic E-state index is 0.0200. The second-order valence-electron chi connectivity index (χ2n) is 6.45. The van der Waals surface area contributed by atoms with E-state index in [-0.39, 0.29) is 22.3 Å². The van der Waals surface area contributed by atoms with E-state index < -0.39 is 0 Å². The Morgan fingerprint density at radius 1 is 1.33 bits per heavy atom. The number of halogens is 2. The molecule has 0 radical (unpaired) electrons. The number of nitrogens with two attached hydrogens (primary N) is 1. The van der Waals surface area contributed by atoms with Crippen LogP contribution in [0.15, 0.2) is 22.5 Å². The Labute approximate surface area is 175 Å². The van der Waals surface area contributed by atoms with Crippen molar-refractivity contribution in [2.24, 2.45) is 0 Å². The van der Waals surface area contributed by atoms with Crippen LogP contribution in [0.4, 0.5) is 5.13 Å². The molecule has 1 amide bonds. The van der Waals surface area contributed by atoms with E-state index in [9.17, 15) is 10.0 Å². The van der Waals surface area contributed by atoms with Crippen molar-refractivity contribution in [2.75, 3.05) is 24.6 Å². The Kier molecular flexibility index (Phi) is 6.83. The maximum Gasteiger partial charge on any atom is 0.230 e. The summed E-state index contributed by atoms with van der Waals surface area (Å²) < 4.78 is 0.353. The van der Waals surface area contributed by atoms with Crippen LogP contribution in [0.3, 0.4) is 0 Å². The van der Waals surface area contributed by atoms with E-state index in [2.05, 4.69) is 15.5 Å². The Balaban J connectivity index is 1.44. The smallest absolute Gasteiger partial charge is 0.230 e. The number of nitrogen functional groups attached to an aromatic ring is 1. The van der Waals surface area contributed by atoms with Crippen LogP contribution in [-0.2, 0) is 11.3 Å². The predicted octanol–water partition coefficient (Wildman–Crippen LogP) is 3.31. The molecule has 0 unspecified atom stereocenters. The standard InChI is InChI=1S/C16H19Cl2N5O2S2/c17-12-2-1-10(7-13(12)18)8-23(25)5-3-11(4-6-23)20-14(24)9-26-16-22-21-15(19)27-16/h1-2,7,11H,3-6,8-9H2,(H2,19,21)(H,20,24). The number of quaternary nitrogens is 1. The summed E-state index contributed by atoms with van der Waals surface area (Å²) in [6, 6.07) is 5.30. The van der Waals surface area contributed by atoms with Gasteiger partial charge in [-0.3, -0.25) is 4.79 Å². The zero-order chi connectivity index (χ0) is 19.4. The van der Waals surface area contributed by atoms with E-state index in [1.54, 1.807) is 12.1 Å². The van der Waals surface area contributed by atoms with Crippen LogP contribution in [0.2, 0.25) is 10.0 Å². The SMILES string of the molecule is Nc1nnc(SCC(=O)NC2CC[N+]([O-])(Cc3ccc(Cl)c(Cl)c3)CC2)s1. The molecule has 0 spiro atoms. The molecule has 3 rings (SSSR count). The zero-order valence-electron chi connectivity index (χ0n) is 14.4. The first kappa shape index (κ1) is 20.6. The van der Waals surface area contributed by atoms with Crippen LogP contribution in [-0.4, -0.2) is 45.6 Å². The number of hydrogen-bond acceptors (Lipinski definition) is 7. The fourth-order valence-electron chi connectivity index (χ4n) is 2.99. The topological polar surface area (TPSA) is 104 Å². The Morgan fingerprint density at radius 3 is 2.70 bits per heavy atom. The number of thioether (sulfide) groups is 1. The van der Waals surface area contributed by atoms with Gasteiger partial charge in [-0.15, -0.1) is 10.2 Å². The first-order valence-electron chi connectivity index (χ1n) is 8.35. The molecule has 11 heteroatoms. The lowest BCUT2D eigenvalue weighted by atomic mass is 10.0. The van der Waals surface area contributed by atoms with E-state index in [0.29, 0.717) is 52.0 Å². The van der Waals surface area contributed by atoms with Gasteiger partial charge in [0.15, 0.2) is 4.34 Å². The zero-order valence-corrected chi connectivity index (χ0v) is 17.5. The van der Waals surface area contributed by atoms with E-state index >= 15 is 0 Å². The van der Waals surface area contributed by atoms with E-state index in [1.807, 2.05) is 6.07 Å². The number of benzene rings is 1. The normalized spacial score (nSPS) is 22.6. The number of anilines is 1. The van der Waals surface area contributed by atoms with Gasteiger partial charge in [0.2, 0.25) is 11.0 Å². The van der Waals surface area contributed by atoms with Gasteiger partial charge < -0.3 is 20.9 Å². The highest BCUT2D eigenvalue weighted by molar-refractivity contribution is 8.01. The van der Waals surface area contributed by atoms with Crippen molar-refractivity contribution in [2.45, 2.75) is 29.8 Å². The molecule has 2 aromatic rings. The number of rotatable bonds is 6. The van der Waals surface area contributed by atoms with Crippen LogP contribution in [0.5, 0.6) is 0 Å². The summed E-state index contributed by atoms with van der Waals surface area (Å²) in [6.07, 6.45) is 1.29. The maximum absolute atomic E-state index is 13.0. The molecule has 1 saturated heterocycles. The number of hydrogen-bond donors (Lipinski definition) is 2. The molecule has 7 nitrogen and oxygen atoms in total. The fourth-order valence-corrected chi connectivity index (χ4v) is 4.75. The van der Waals surface area contributed by atoms with Crippen molar-refractivity contribution < 1.29 is 9.44 Å². The molecule has 2 heterocycles. The molecule has 1 aromatic carbocycles. The summed E-state index contributed by atoms with van der Waals surface area (Å²) in [4.78, 5) is 12.1. The third-order valence-electron chi connectivity index (χ3n) is 4.34. The summed E-state index contributed by atoms with van der Waals surface area (Å²) in [5.74, 6) is 0.181. The third-order valence-corrected chi connectivity index (χ3v) is 6.96. The number of likely N-dealkylation sites (tertiary alicyclic amines) is 1. The summed E-state index contributed by atoms with van der Waals surface area (Å²) in [5.41, 5.74) is 6.39. The number of nitrogens with zero attached hydrogens (tertiary/aromatic N) is 3. The summed E-state index contributed by atoms with van der Waals surface area (Å²) >= 11 is 14.5. The highest BCUT2D eigenvalue weighted by Crippen LogP contribution is 2.27. The largest absolute Gasteiger partial charge is 0.633 e. The van der Waals surface area contributed by atoms with Crippen LogP contribution >= 0.6 is 46.3 Å². The highest BCUT2D eigenvalue weighted by Gasteiger charge is 2.28. The van der Waals surface area contributed by atoms with Gasteiger partial charge in [-0.1, -0.05) is 52.4 Å². The number of carbonyl (C=O) groups excluding carboxylic acids is 1. The minimum Gasteiger partial charge on any atom is -0.633 e. The quantitative estimate of drug-likeness (QED) is 0.399. The van der Waals surface area contributed by atoms with Crippen molar-refractivity contribution in [3.05, 3.63) is 39.0 Å². The number of aromatic nitrogens is 2. The van der Waals surface area contributed by atoms with Crippen molar-refractivity contribution in [1.29, 1.82) is 0 Å². The molecule has 0 aliphatic carbocycles. The van der Waals surface area contributed by atoms with Gasteiger partial charge in [0.05, 0.1) is 28.9 Å². The van der Waals surface area contributed by atoms with Crippen molar-refractivity contribution in [3.8, 4) is 0 Å². The number of nitrogens with one attached hydrogen (secondary N) is 1. The maximum atomic E-state index is 13.0. The predicted molar refractivity (Wildman–Crippen MR) is 110 cm³/mol. The van der Waals surface area contributed by atoms with E-state index in [0.717, 1.165) is 5.56 Å². The number of piperidine rings is 1. The highest BCUT2D eigenvalue weighted by atomic mass is 35.5. The molecule has 0 saturated carbocycles. The number of amides is 1. The van der Waals surface area contributed by atoms with Crippen LogP contribution in [0.1, 0.15) is 18.4 Å². The summed E-state index contributed by atoms with van der Waals surface area (Å²) in [5, 5.41) is 24.8. The number of hydroxylamine groups is 3. The van der Waals surface area contributed by atoms with Gasteiger partial charge in [-0.05, 0) is 12.1 Å². The van der Waals surface area contributed by atoms with Gasteiger partial charge in [0.25, 0.3) is 0 Å². The molecule has 0 bridgehead atoms. The lowest BCUT2D eigenvalue weighted by Crippen LogP contribution is -2.52. The third kappa shape index (κ3) is 5.94. The molecular formula is C16H19Cl2N5O2S2. The lowest BCUT2D eigenvalue weighted by Gasteiger charge is -2.47. The first-order chi connectivity index (χ1) is 12.8. The molecular weight excluding hydrogens is 429 g/mol. The van der Waals surface area contributed by atoms with E-state index in [1.165, 1.54) is 23.1 Å². The average Bonchev–Trinajstić information content (AvgIpc) is 3.04. The molecule has 1 aromatic heterocycles. The van der Waals surface area contributed by atoms with Crippen LogP contribution < -0.4 is 11.1 Å². The summed E-state index contributed by atoms with van der Waals surface area (Å²) in [6.45, 7) is 1.25. The molecule has 1 fully saturated rings. The summed E-state index contributed by atoms with van der Waals surface area (Å²) in [7, 11) is 0. The van der Waals surface area contributed by atoms with Gasteiger partial charge in [-0.2, -0.15) is 0 Å². The minimum atomic E-state index is -0.316. The molecule has 27 heavy (non-hydrogen) atoms. The first-order valence-corrected chi connectivity index (χ1v) is 10.9. The van der Waals surface area contributed by atoms with Gasteiger partial charge in [0.1, 0.15) is 6.54 Å². The van der Waals surface area contributed by atoms with E-state index in [4.69, 9.17) is 28.9 Å². The van der Waals surface area contributed by atoms with Crippen molar-refractivity contribution >= 4 is 57.3 Å². The lowest BCUT2D eigenvalue weighted by molar-refractivity contribution is -0.898. The molecule has 1 aliphatic heterocycles. The molecule has 3 N–H and O–H groups in total. The van der Waals surface area contributed by atoms with Gasteiger partial charge in [-0.25, -0.2) is 0 Å². The van der Waals surface area contributed by atoms with Gasteiger partial charge >= 0.3 is 0 Å². The second-order valence-corrected chi connectivity index (χ2v) is 9.49. The molecule has 146 valence electrons. The Bertz CT molecular complexity index is 812. The van der Waals surface area contributed by atoms with Crippen LogP contribution in [0, 0.1) is 5.21 Å². The van der Waals surface area contributed by atoms with Gasteiger partial charge in [0, 0.05) is 24.4 Å². The fraction of sp³-hybridized carbons (Fsp3) is 0.438.